The van der Waals surface area contributed by atoms with Crippen molar-refractivity contribution < 1.29 is 9.13 Å². The van der Waals surface area contributed by atoms with E-state index < -0.39 is 0 Å². The summed E-state index contributed by atoms with van der Waals surface area (Å²) in [6.07, 6.45) is 3.42. The molecule has 37 heavy (non-hydrogen) atoms. The number of rotatable bonds is 8. The van der Waals surface area contributed by atoms with E-state index in [4.69, 9.17) is 9.72 Å². The third-order valence-corrected chi connectivity index (χ3v) is 5.87. The van der Waals surface area contributed by atoms with E-state index in [1.807, 2.05) is 47.0 Å². The number of nitrogens with one attached hydrogen (secondary N) is 1. The van der Waals surface area contributed by atoms with E-state index in [1.54, 1.807) is 43.9 Å². The van der Waals surface area contributed by atoms with Crippen LogP contribution in [0.5, 0.6) is 5.75 Å². The first-order valence-corrected chi connectivity index (χ1v) is 11.6. The first-order valence-electron chi connectivity index (χ1n) is 11.6. The highest BCUT2D eigenvalue weighted by atomic mass is 19.1. The smallest absolute Gasteiger partial charge is 0.223 e. The zero-order chi connectivity index (χ0) is 25.6. The standard InChI is InChI=1S/C29H23FN6O/c1-37-25-11-5-20(6-12-25)17-33-29-32-14-13-26(35-29)27-28(23-7-9-24(30)10-8-23)36(19-34-27)18-22-4-2-3-21(15-22)16-31/h2-15,19H,17-18H2,1H3,(H,32,33,35). The Morgan fingerprint density at radius 2 is 1.78 bits per heavy atom. The molecule has 0 radical (unpaired) electrons. The van der Waals surface area contributed by atoms with Crippen molar-refractivity contribution in [1.29, 1.82) is 5.26 Å². The average molecular weight is 491 g/mol. The number of anilines is 1. The lowest BCUT2D eigenvalue weighted by molar-refractivity contribution is 0.414. The summed E-state index contributed by atoms with van der Waals surface area (Å²) in [7, 11) is 1.64. The minimum atomic E-state index is -0.315. The molecule has 0 saturated carbocycles. The summed E-state index contributed by atoms with van der Waals surface area (Å²) in [5.74, 6) is 0.949. The summed E-state index contributed by atoms with van der Waals surface area (Å²) in [5.41, 5.74) is 5.49. The number of benzene rings is 3. The number of halogens is 1. The maximum atomic E-state index is 13.7. The summed E-state index contributed by atoms with van der Waals surface area (Å²) in [6, 6.07) is 25.5. The number of nitriles is 1. The predicted molar refractivity (Wildman–Crippen MR) is 139 cm³/mol. The van der Waals surface area contributed by atoms with Crippen LogP contribution in [0.15, 0.2) is 91.4 Å². The Balaban J connectivity index is 1.47. The lowest BCUT2D eigenvalue weighted by Crippen LogP contribution is -2.05. The van der Waals surface area contributed by atoms with Crippen molar-refractivity contribution in [3.8, 4) is 34.5 Å². The molecule has 2 aromatic heterocycles. The first-order chi connectivity index (χ1) is 18.1. The number of ether oxygens (including phenoxy) is 1. The summed E-state index contributed by atoms with van der Waals surface area (Å²) < 4.78 is 20.9. The van der Waals surface area contributed by atoms with Gasteiger partial charge in [-0.3, -0.25) is 0 Å². The van der Waals surface area contributed by atoms with E-state index in [-0.39, 0.29) is 5.82 Å². The Hall–Kier alpha value is -5.03. The van der Waals surface area contributed by atoms with Crippen molar-refractivity contribution in [2.45, 2.75) is 13.1 Å². The molecule has 0 unspecified atom stereocenters. The van der Waals surface area contributed by atoms with Crippen LogP contribution in [0.3, 0.4) is 0 Å². The maximum absolute atomic E-state index is 13.7. The van der Waals surface area contributed by atoms with Crippen molar-refractivity contribution in [2.24, 2.45) is 0 Å². The Morgan fingerprint density at radius 3 is 2.54 bits per heavy atom. The maximum Gasteiger partial charge on any atom is 0.223 e. The molecular formula is C29H23FN6O. The van der Waals surface area contributed by atoms with E-state index >= 15 is 0 Å². The third-order valence-electron chi connectivity index (χ3n) is 5.87. The molecule has 0 fully saturated rings. The number of nitrogens with zero attached hydrogens (tertiary/aromatic N) is 5. The molecule has 0 bridgehead atoms. The van der Waals surface area contributed by atoms with Crippen LogP contribution in [0.2, 0.25) is 0 Å². The first kappa shape index (κ1) is 23.7. The van der Waals surface area contributed by atoms with E-state index in [0.29, 0.717) is 36.0 Å². The van der Waals surface area contributed by atoms with Crippen LogP contribution in [0, 0.1) is 17.1 Å². The molecule has 0 atom stereocenters. The van der Waals surface area contributed by atoms with Gasteiger partial charge in [0.05, 0.1) is 36.5 Å². The van der Waals surface area contributed by atoms with Crippen molar-refractivity contribution in [3.63, 3.8) is 0 Å². The van der Waals surface area contributed by atoms with E-state index in [0.717, 1.165) is 28.1 Å². The lowest BCUT2D eigenvalue weighted by Gasteiger charge is -2.12. The Morgan fingerprint density at radius 1 is 0.973 bits per heavy atom. The monoisotopic (exact) mass is 490 g/mol. The van der Waals surface area contributed by atoms with Gasteiger partial charge in [0.15, 0.2) is 0 Å². The molecule has 8 heteroatoms. The van der Waals surface area contributed by atoms with Crippen LogP contribution >= 0.6 is 0 Å². The zero-order valence-corrected chi connectivity index (χ0v) is 20.1. The number of aromatic nitrogens is 4. The summed E-state index contributed by atoms with van der Waals surface area (Å²) in [5, 5.41) is 12.5. The summed E-state index contributed by atoms with van der Waals surface area (Å²) >= 11 is 0. The van der Waals surface area contributed by atoms with Crippen LogP contribution in [0.25, 0.3) is 22.6 Å². The molecule has 0 spiro atoms. The van der Waals surface area contributed by atoms with Crippen molar-refractivity contribution in [1.82, 2.24) is 19.5 Å². The second-order valence-corrected chi connectivity index (χ2v) is 8.36. The highest BCUT2D eigenvalue weighted by molar-refractivity contribution is 5.77. The Labute approximate surface area is 213 Å². The minimum absolute atomic E-state index is 0.315. The van der Waals surface area contributed by atoms with E-state index in [1.165, 1.54) is 12.1 Å². The topological polar surface area (TPSA) is 88.6 Å². The second-order valence-electron chi connectivity index (χ2n) is 8.36. The highest BCUT2D eigenvalue weighted by Crippen LogP contribution is 2.31. The van der Waals surface area contributed by atoms with Gasteiger partial charge in [-0.2, -0.15) is 5.26 Å². The van der Waals surface area contributed by atoms with Gasteiger partial charge in [0, 0.05) is 24.8 Å². The van der Waals surface area contributed by atoms with E-state index in [2.05, 4.69) is 21.4 Å². The molecule has 0 saturated heterocycles. The van der Waals surface area contributed by atoms with Gasteiger partial charge in [0.25, 0.3) is 0 Å². The fraction of sp³-hybridized carbons (Fsp3) is 0.103. The number of methoxy groups -OCH3 is 1. The Bertz CT molecular complexity index is 1560. The molecule has 7 nitrogen and oxygen atoms in total. The van der Waals surface area contributed by atoms with Gasteiger partial charge in [-0.15, -0.1) is 0 Å². The lowest BCUT2D eigenvalue weighted by atomic mass is 10.1. The molecule has 3 aromatic carbocycles. The SMILES string of the molecule is COc1ccc(CNc2nccc(-c3ncn(Cc4cccc(C#N)c4)c3-c3ccc(F)cc3)n2)cc1. The number of hydrogen-bond acceptors (Lipinski definition) is 6. The van der Waals surface area contributed by atoms with Crippen LogP contribution < -0.4 is 10.1 Å². The van der Waals surface area contributed by atoms with Gasteiger partial charge in [0.1, 0.15) is 17.3 Å². The van der Waals surface area contributed by atoms with Gasteiger partial charge < -0.3 is 14.6 Å². The van der Waals surface area contributed by atoms with Crippen LogP contribution in [-0.4, -0.2) is 26.6 Å². The number of hydrogen-bond donors (Lipinski definition) is 1. The van der Waals surface area contributed by atoms with Gasteiger partial charge in [-0.05, 0) is 65.7 Å². The summed E-state index contributed by atoms with van der Waals surface area (Å²) in [4.78, 5) is 13.7. The molecule has 0 amide bonds. The van der Waals surface area contributed by atoms with Crippen molar-refractivity contribution in [2.75, 3.05) is 12.4 Å². The molecule has 2 heterocycles. The predicted octanol–water partition coefficient (Wildman–Crippen LogP) is 5.69. The van der Waals surface area contributed by atoms with E-state index in [9.17, 15) is 9.65 Å². The normalized spacial score (nSPS) is 10.6. The molecule has 0 aliphatic carbocycles. The molecule has 1 N–H and O–H groups in total. The fourth-order valence-electron chi connectivity index (χ4n) is 4.04. The Kier molecular flexibility index (Phi) is 6.86. The zero-order valence-electron chi connectivity index (χ0n) is 20.1. The van der Waals surface area contributed by atoms with Gasteiger partial charge in [-0.25, -0.2) is 19.3 Å². The van der Waals surface area contributed by atoms with Crippen LogP contribution in [0.1, 0.15) is 16.7 Å². The molecule has 182 valence electrons. The van der Waals surface area contributed by atoms with Crippen molar-refractivity contribution >= 4 is 5.95 Å². The fourth-order valence-corrected chi connectivity index (χ4v) is 4.04. The third kappa shape index (κ3) is 5.46. The van der Waals surface area contributed by atoms with Crippen molar-refractivity contribution in [3.05, 3.63) is 114 Å². The van der Waals surface area contributed by atoms with Crippen LogP contribution in [0.4, 0.5) is 10.3 Å². The molecule has 0 aliphatic heterocycles. The molecule has 5 rings (SSSR count). The molecule has 5 aromatic rings. The average Bonchev–Trinajstić information content (AvgIpc) is 3.36. The molecular weight excluding hydrogens is 467 g/mol. The largest absolute Gasteiger partial charge is 0.497 e. The second kappa shape index (κ2) is 10.7. The molecule has 0 aliphatic rings. The van der Waals surface area contributed by atoms with Gasteiger partial charge in [-0.1, -0.05) is 24.3 Å². The van der Waals surface area contributed by atoms with Crippen LogP contribution in [-0.2, 0) is 13.1 Å². The van der Waals surface area contributed by atoms with Gasteiger partial charge >= 0.3 is 0 Å². The quantitative estimate of drug-likeness (QED) is 0.301. The van der Waals surface area contributed by atoms with Gasteiger partial charge in [0.2, 0.25) is 5.95 Å². The minimum Gasteiger partial charge on any atom is -0.497 e. The number of imidazole rings is 1. The highest BCUT2D eigenvalue weighted by Gasteiger charge is 2.17. The summed E-state index contributed by atoms with van der Waals surface area (Å²) in [6.45, 7) is 1.03.